The molecule has 0 unspecified atom stereocenters. The molecule has 1 saturated heterocycles. The highest BCUT2D eigenvalue weighted by Gasteiger charge is 2.19. The van der Waals surface area contributed by atoms with E-state index in [0.717, 1.165) is 32.4 Å². The van der Waals surface area contributed by atoms with Gasteiger partial charge < -0.3 is 10.2 Å². The molecule has 25 heavy (non-hydrogen) atoms. The number of carbonyl (C=O) groups is 2. The third-order valence-corrected chi connectivity index (χ3v) is 4.16. The SMILES string of the molecule is N#Cc1ccc(NC(=O)c2cncc(C(=O)N3CCCCC3)c2)cc1. The minimum absolute atomic E-state index is 0.0831. The van der Waals surface area contributed by atoms with Crippen LogP contribution in [-0.2, 0) is 0 Å². The molecule has 1 aliphatic rings. The molecule has 6 nitrogen and oxygen atoms in total. The van der Waals surface area contributed by atoms with Crippen LogP contribution in [0.4, 0.5) is 5.69 Å². The Morgan fingerprint density at radius 2 is 1.72 bits per heavy atom. The van der Waals surface area contributed by atoms with E-state index >= 15 is 0 Å². The molecule has 0 aliphatic carbocycles. The highest BCUT2D eigenvalue weighted by molar-refractivity contribution is 6.05. The summed E-state index contributed by atoms with van der Waals surface area (Å²) in [7, 11) is 0. The van der Waals surface area contributed by atoms with Crippen LogP contribution in [0.25, 0.3) is 0 Å². The number of piperidine rings is 1. The second-order valence-electron chi connectivity index (χ2n) is 5.96. The molecule has 126 valence electrons. The van der Waals surface area contributed by atoms with Crippen molar-refractivity contribution in [1.29, 1.82) is 5.26 Å². The Morgan fingerprint density at radius 3 is 2.40 bits per heavy atom. The van der Waals surface area contributed by atoms with E-state index in [0.29, 0.717) is 22.4 Å². The molecular weight excluding hydrogens is 316 g/mol. The maximum Gasteiger partial charge on any atom is 0.257 e. The average molecular weight is 334 g/mol. The van der Waals surface area contributed by atoms with Gasteiger partial charge in [0.05, 0.1) is 22.8 Å². The molecule has 2 amide bonds. The number of hydrogen-bond donors (Lipinski definition) is 1. The second-order valence-corrected chi connectivity index (χ2v) is 5.96. The van der Waals surface area contributed by atoms with Gasteiger partial charge >= 0.3 is 0 Å². The molecule has 1 N–H and O–H groups in total. The van der Waals surface area contributed by atoms with Gasteiger partial charge in [-0.25, -0.2) is 0 Å². The van der Waals surface area contributed by atoms with E-state index in [1.54, 1.807) is 30.3 Å². The number of nitrogens with zero attached hydrogens (tertiary/aromatic N) is 3. The number of rotatable bonds is 3. The Kier molecular flexibility index (Phi) is 5.05. The summed E-state index contributed by atoms with van der Waals surface area (Å²) in [4.78, 5) is 30.8. The van der Waals surface area contributed by atoms with Gasteiger partial charge in [-0.1, -0.05) is 0 Å². The quantitative estimate of drug-likeness (QED) is 0.935. The standard InChI is InChI=1S/C19H18N4O2/c20-11-14-4-6-17(7-5-14)22-18(24)15-10-16(13-21-12-15)19(25)23-8-2-1-3-9-23/h4-7,10,12-13H,1-3,8-9H2,(H,22,24). The van der Waals surface area contributed by atoms with Crippen molar-refractivity contribution in [2.45, 2.75) is 19.3 Å². The first-order valence-corrected chi connectivity index (χ1v) is 8.23. The van der Waals surface area contributed by atoms with Crippen molar-refractivity contribution < 1.29 is 9.59 Å². The highest BCUT2D eigenvalue weighted by Crippen LogP contribution is 2.15. The smallest absolute Gasteiger partial charge is 0.257 e. The number of benzene rings is 1. The number of amides is 2. The van der Waals surface area contributed by atoms with Gasteiger partial charge in [0.25, 0.3) is 11.8 Å². The molecule has 2 aromatic rings. The van der Waals surface area contributed by atoms with Gasteiger partial charge in [-0.3, -0.25) is 14.6 Å². The normalized spacial score (nSPS) is 13.8. The van der Waals surface area contributed by atoms with Gasteiger partial charge in [-0.15, -0.1) is 0 Å². The Labute approximate surface area is 146 Å². The summed E-state index contributed by atoms with van der Waals surface area (Å²) < 4.78 is 0. The Morgan fingerprint density at radius 1 is 1.04 bits per heavy atom. The molecular formula is C19H18N4O2. The molecule has 1 aromatic carbocycles. The monoisotopic (exact) mass is 334 g/mol. The van der Waals surface area contributed by atoms with Gasteiger partial charge in [0, 0.05) is 31.2 Å². The lowest BCUT2D eigenvalue weighted by Crippen LogP contribution is -2.35. The van der Waals surface area contributed by atoms with Gasteiger partial charge in [0.15, 0.2) is 0 Å². The lowest BCUT2D eigenvalue weighted by atomic mass is 10.1. The molecule has 0 spiro atoms. The summed E-state index contributed by atoms with van der Waals surface area (Å²) in [5, 5.41) is 11.5. The van der Waals surface area contributed by atoms with Crippen LogP contribution in [-0.4, -0.2) is 34.8 Å². The van der Waals surface area contributed by atoms with Crippen molar-refractivity contribution in [2.24, 2.45) is 0 Å². The Hall–Kier alpha value is -3.20. The zero-order valence-corrected chi connectivity index (χ0v) is 13.7. The molecule has 6 heteroatoms. The number of carbonyl (C=O) groups excluding carboxylic acids is 2. The van der Waals surface area contributed by atoms with E-state index in [1.165, 1.54) is 12.4 Å². The zero-order chi connectivity index (χ0) is 17.6. The molecule has 1 aromatic heterocycles. The Balaban J connectivity index is 1.72. The van der Waals surface area contributed by atoms with Crippen LogP contribution in [0.5, 0.6) is 0 Å². The number of aromatic nitrogens is 1. The third kappa shape index (κ3) is 4.01. The van der Waals surface area contributed by atoms with E-state index in [9.17, 15) is 9.59 Å². The maximum absolute atomic E-state index is 12.5. The fraction of sp³-hybridized carbons (Fsp3) is 0.263. The fourth-order valence-corrected chi connectivity index (χ4v) is 2.79. The van der Waals surface area contributed by atoms with Crippen molar-refractivity contribution in [1.82, 2.24) is 9.88 Å². The van der Waals surface area contributed by atoms with E-state index in [2.05, 4.69) is 10.3 Å². The van der Waals surface area contributed by atoms with Gasteiger partial charge in [-0.05, 0) is 49.6 Å². The number of anilines is 1. The summed E-state index contributed by atoms with van der Waals surface area (Å²) in [6.45, 7) is 1.50. The van der Waals surface area contributed by atoms with Gasteiger partial charge in [-0.2, -0.15) is 5.26 Å². The van der Waals surface area contributed by atoms with E-state index in [4.69, 9.17) is 5.26 Å². The number of hydrogen-bond acceptors (Lipinski definition) is 4. The number of nitrogens with one attached hydrogen (secondary N) is 1. The van der Waals surface area contributed by atoms with Crippen LogP contribution < -0.4 is 5.32 Å². The van der Waals surface area contributed by atoms with Crippen molar-refractivity contribution in [3.05, 3.63) is 59.4 Å². The lowest BCUT2D eigenvalue weighted by molar-refractivity contribution is 0.0724. The highest BCUT2D eigenvalue weighted by atomic mass is 16.2. The van der Waals surface area contributed by atoms with Crippen LogP contribution in [0.2, 0.25) is 0 Å². The second kappa shape index (κ2) is 7.58. The van der Waals surface area contributed by atoms with Gasteiger partial charge in [0.1, 0.15) is 0 Å². The summed E-state index contributed by atoms with van der Waals surface area (Å²) >= 11 is 0. The van der Waals surface area contributed by atoms with Crippen LogP contribution in [0, 0.1) is 11.3 Å². The van der Waals surface area contributed by atoms with E-state index in [-0.39, 0.29) is 11.8 Å². The van der Waals surface area contributed by atoms with Crippen LogP contribution >= 0.6 is 0 Å². The van der Waals surface area contributed by atoms with Crippen molar-refractivity contribution in [3.8, 4) is 6.07 Å². The predicted octanol–water partition coefficient (Wildman–Crippen LogP) is 2.83. The topological polar surface area (TPSA) is 86.1 Å². The third-order valence-electron chi connectivity index (χ3n) is 4.16. The van der Waals surface area contributed by atoms with Crippen molar-refractivity contribution >= 4 is 17.5 Å². The van der Waals surface area contributed by atoms with Crippen LogP contribution in [0.15, 0.2) is 42.7 Å². The van der Waals surface area contributed by atoms with Crippen molar-refractivity contribution in [3.63, 3.8) is 0 Å². The first kappa shape index (κ1) is 16.7. The summed E-state index contributed by atoms with van der Waals surface area (Å²) in [5.74, 6) is -0.425. The lowest BCUT2D eigenvalue weighted by Gasteiger charge is -2.26. The zero-order valence-electron chi connectivity index (χ0n) is 13.7. The van der Waals surface area contributed by atoms with Crippen LogP contribution in [0.3, 0.4) is 0 Å². The largest absolute Gasteiger partial charge is 0.339 e. The average Bonchev–Trinajstić information content (AvgIpc) is 2.68. The van der Waals surface area contributed by atoms with E-state index < -0.39 is 0 Å². The molecule has 0 atom stereocenters. The molecule has 2 heterocycles. The molecule has 1 fully saturated rings. The molecule has 0 saturated carbocycles. The van der Waals surface area contributed by atoms with E-state index in [1.807, 2.05) is 11.0 Å². The summed E-state index contributed by atoms with van der Waals surface area (Å²) in [6, 6.07) is 10.2. The molecule has 1 aliphatic heterocycles. The number of likely N-dealkylation sites (tertiary alicyclic amines) is 1. The van der Waals surface area contributed by atoms with Gasteiger partial charge in [0.2, 0.25) is 0 Å². The van der Waals surface area contributed by atoms with Crippen LogP contribution in [0.1, 0.15) is 45.5 Å². The first-order chi connectivity index (χ1) is 12.2. The molecule has 0 bridgehead atoms. The summed E-state index contributed by atoms with van der Waals surface area (Å²) in [6.07, 6.45) is 6.10. The Bertz CT molecular complexity index is 818. The number of nitriles is 1. The number of pyridine rings is 1. The minimum atomic E-state index is -0.342. The fourth-order valence-electron chi connectivity index (χ4n) is 2.79. The molecule has 0 radical (unpaired) electrons. The minimum Gasteiger partial charge on any atom is -0.339 e. The van der Waals surface area contributed by atoms with Crippen molar-refractivity contribution in [2.75, 3.05) is 18.4 Å². The predicted molar refractivity (Wildman–Crippen MR) is 93.1 cm³/mol. The summed E-state index contributed by atoms with van der Waals surface area (Å²) in [5.41, 5.74) is 1.85. The molecule has 3 rings (SSSR count). The first-order valence-electron chi connectivity index (χ1n) is 8.23. The maximum atomic E-state index is 12.5.